The van der Waals surface area contributed by atoms with Crippen molar-refractivity contribution in [2.24, 2.45) is 0 Å². The van der Waals surface area contributed by atoms with Gasteiger partial charge in [-0.2, -0.15) is 0 Å². The van der Waals surface area contributed by atoms with Gasteiger partial charge in [0.05, 0.1) is 13.2 Å². The molecule has 0 spiro atoms. The Morgan fingerprint density at radius 1 is 0.833 bits per heavy atom. The van der Waals surface area contributed by atoms with Crippen LogP contribution in [0.25, 0.3) is 0 Å². The first kappa shape index (κ1) is 28.4. The van der Waals surface area contributed by atoms with E-state index in [1.54, 1.807) is 19.2 Å². The maximum absolute atomic E-state index is 13.1. The molecule has 3 amide bonds. The minimum atomic E-state index is -0.900. The smallest absolute Gasteiger partial charge is 0.408 e. The van der Waals surface area contributed by atoms with Crippen LogP contribution in [-0.4, -0.2) is 49.4 Å². The predicted molar refractivity (Wildman–Crippen MR) is 135 cm³/mol. The van der Waals surface area contributed by atoms with Crippen LogP contribution in [0.15, 0.2) is 54.6 Å². The summed E-state index contributed by atoms with van der Waals surface area (Å²) in [5, 5.41) is 8.10. The third-order valence-corrected chi connectivity index (χ3v) is 5.52. The van der Waals surface area contributed by atoms with Crippen molar-refractivity contribution in [1.29, 1.82) is 0 Å². The summed E-state index contributed by atoms with van der Waals surface area (Å²) in [5.74, 6) is -0.107. The van der Waals surface area contributed by atoms with Crippen LogP contribution >= 0.6 is 0 Å². The molecule has 2 atom stereocenters. The molecule has 0 saturated carbocycles. The first-order valence-corrected chi connectivity index (χ1v) is 11.9. The normalized spacial score (nSPS) is 12.1. The second-order valence-electron chi connectivity index (χ2n) is 8.46. The van der Waals surface area contributed by atoms with Gasteiger partial charge in [-0.25, -0.2) is 4.79 Å². The first-order valence-electron chi connectivity index (χ1n) is 11.9. The molecule has 0 aliphatic heterocycles. The molecular weight excluding hydrogens is 462 g/mol. The Labute approximate surface area is 211 Å². The van der Waals surface area contributed by atoms with Gasteiger partial charge in [-0.3, -0.25) is 14.4 Å². The Kier molecular flexibility index (Phi) is 12.0. The number of alkyl carbamates (subject to hydrolysis) is 1. The van der Waals surface area contributed by atoms with Crippen molar-refractivity contribution in [3.8, 4) is 5.75 Å². The van der Waals surface area contributed by atoms with Gasteiger partial charge in [0.1, 0.15) is 18.4 Å². The lowest BCUT2D eigenvalue weighted by Crippen LogP contribution is -2.52. The molecule has 2 unspecified atom stereocenters. The van der Waals surface area contributed by atoms with Crippen molar-refractivity contribution in [3.63, 3.8) is 0 Å². The summed E-state index contributed by atoms with van der Waals surface area (Å²) >= 11 is 0. The van der Waals surface area contributed by atoms with Crippen molar-refractivity contribution < 1.29 is 28.7 Å². The van der Waals surface area contributed by atoms with Gasteiger partial charge in [0.15, 0.2) is 5.78 Å². The zero-order valence-electron chi connectivity index (χ0n) is 21.0. The second kappa shape index (κ2) is 15.2. The summed E-state index contributed by atoms with van der Waals surface area (Å²) in [7, 11) is 1.57. The monoisotopic (exact) mass is 497 g/mol. The van der Waals surface area contributed by atoms with Gasteiger partial charge in [-0.1, -0.05) is 42.5 Å². The number of hydrogen-bond donors (Lipinski definition) is 3. The lowest BCUT2D eigenvalue weighted by Gasteiger charge is -2.22. The van der Waals surface area contributed by atoms with Gasteiger partial charge in [0, 0.05) is 13.5 Å². The molecule has 2 rings (SSSR count). The number of unbranched alkanes of at least 4 members (excludes halogenated alkanes) is 1. The fraction of sp³-hybridized carbons (Fsp3) is 0.407. The van der Waals surface area contributed by atoms with E-state index in [0.29, 0.717) is 38.0 Å². The Balaban J connectivity index is 2.00. The summed E-state index contributed by atoms with van der Waals surface area (Å²) in [6, 6.07) is 14.8. The number of rotatable bonds is 14. The van der Waals surface area contributed by atoms with Gasteiger partial charge in [0.25, 0.3) is 0 Å². The van der Waals surface area contributed by atoms with Gasteiger partial charge in [0.2, 0.25) is 11.8 Å². The van der Waals surface area contributed by atoms with E-state index in [9.17, 15) is 19.2 Å². The quantitative estimate of drug-likeness (QED) is 0.345. The number of hydrogen-bond acceptors (Lipinski definition) is 6. The third kappa shape index (κ3) is 10.6. The summed E-state index contributed by atoms with van der Waals surface area (Å²) in [4.78, 5) is 48.9. The van der Waals surface area contributed by atoms with E-state index in [0.717, 1.165) is 11.1 Å². The minimum absolute atomic E-state index is 0.0666. The standard InChI is InChI=1S/C27H35N3O6/c1-19(31)25(17-21-12-14-23(35-3)15-13-21)29-26(33)24(11-7-8-16-28-20(2)32)30-27(34)36-18-22-9-5-4-6-10-22/h4-6,9-10,12-15,24-25H,7-8,11,16-18H2,1-3H3,(H,28,32)(H,29,33)(H,30,34). The number of nitrogens with one attached hydrogen (secondary N) is 3. The van der Waals surface area contributed by atoms with Crippen molar-refractivity contribution in [2.45, 2.75) is 58.2 Å². The van der Waals surface area contributed by atoms with E-state index < -0.39 is 24.1 Å². The maximum atomic E-state index is 13.1. The molecule has 0 bridgehead atoms. The van der Waals surface area contributed by atoms with E-state index in [4.69, 9.17) is 9.47 Å². The largest absolute Gasteiger partial charge is 0.497 e. The number of carbonyl (C=O) groups excluding carboxylic acids is 4. The Morgan fingerprint density at radius 2 is 1.53 bits per heavy atom. The molecule has 9 heteroatoms. The summed E-state index contributed by atoms with van der Waals surface area (Å²) in [6.07, 6.45) is 1.10. The zero-order valence-corrected chi connectivity index (χ0v) is 21.0. The number of carbonyl (C=O) groups is 4. The maximum Gasteiger partial charge on any atom is 0.408 e. The second-order valence-corrected chi connectivity index (χ2v) is 8.46. The molecule has 0 heterocycles. The molecular formula is C27H35N3O6. The van der Waals surface area contributed by atoms with Crippen molar-refractivity contribution >= 4 is 23.7 Å². The van der Waals surface area contributed by atoms with Crippen LogP contribution in [0.3, 0.4) is 0 Å². The van der Waals surface area contributed by atoms with Gasteiger partial charge in [-0.05, 0) is 55.9 Å². The molecule has 0 radical (unpaired) electrons. The van der Waals surface area contributed by atoms with Crippen LogP contribution in [0, 0.1) is 0 Å². The highest BCUT2D eigenvalue weighted by Gasteiger charge is 2.25. The zero-order chi connectivity index (χ0) is 26.3. The lowest BCUT2D eigenvalue weighted by atomic mass is 10.0. The number of benzene rings is 2. The van der Waals surface area contributed by atoms with Gasteiger partial charge < -0.3 is 25.4 Å². The molecule has 0 aliphatic rings. The van der Waals surface area contributed by atoms with Crippen LogP contribution < -0.4 is 20.7 Å². The van der Waals surface area contributed by atoms with Crippen LogP contribution in [-0.2, 0) is 32.1 Å². The lowest BCUT2D eigenvalue weighted by molar-refractivity contribution is -0.128. The average molecular weight is 498 g/mol. The fourth-order valence-corrected chi connectivity index (χ4v) is 3.48. The average Bonchev–Trinajstić information content (AvgIpc) is 2.87. The van der Waals surface area contributed by atoms with Crippen LogP contribution in [0.5, 0.6) is 5.75 Å². The topological polar surface area (TPSA) is 123 Å². The van der Waals surface area contributed by atoms with Gasteiger partial charge >= 0.3 is 6.09 Å². The molecule has 0 aromatic heterocycles. The molecule has 0 saturated heterocycles. The highest BCUT2D eigenvalue weighted by Crippen LogP contribution is 2.13. The highest BCUT2D eigenvalue weighted by molar-refractivity contribution is 5.91. The number of Topliss-reactive ketones (excluding diaryl/α,β-unsaturated/α-hetero) is 1. The molecule has 2 aromatic carbocycles. The van der Waals surface area contributed by atoms with E-state index >= 15 is 0 Å². The van der Waals surface area contributed by atoms with Crippen LogP contribution in [0.1, 0.15) is 44.2 Å². The van der Waals surface area contributed by atoms with E-state index in [-0.39, 0.29) is 18.3 Å². The molecule has 3 N–H and O–H groups in total. The highest BCUT2D eigenvalue weighted by atomic mass is 16.5. The van der Waals surface area contributed by atoms with E-state index in [1.165, 1.54) is 13.8 Å². The molecule has 0 aliphatic carbocycles. The molecule has 0 fully saturated rings. The Bertz CT molecular complexity index is 994. The van der Waals surface area contributed by atoms with Crippen molar-refractivity contribution in [2.75, 3.05) is 13.7 Å². The third-order valence-electron chi connectivity index (χ3n) is 5.52. The predicted octanol–water partition coefficient (Wildman–Crippen LogP) is 2.91. The summed E-state index contributed by atoms with van der Waals surface area (Å²) in [5.41, 5.74) is 1.68. The van der Waals surface area contributed by atoms with Crippen molar-refractivity contribution in [3.05, 3.63) is 65.7 Å². The number of methoxy groups -OCH3 is 1. The van der Waals surface area contributed by atoms with Crippen LogP contribution in [0.4, 0.5) is 4.79 Å². The van der Waals surface area contributed by atoms with E-state index in [1.807, 2.05) is 42.5 Å². The fourth-order valence-electron chi connectivity index (χ4n) is 3.48. The Morgan fingerprint density at radius 3 is 2.14 bits per heavy atom. The summed E-state index contributed by atoms with van der Waals surface area (Å²) < 4.78 is 10.4. The molecule has 9 nitrogen and oxygen atoms in total. The number of amides is 3. The van der Waals surface area contributed by atoms with Crippen LogP contribution in [0.2, 0.25) is 0 Å². The van der Waals surface area contributed by atoms with E-state index in [2.05, 4.69) is 16.0 Å². The van der Waals surface area contributed by atoms with Crippen molar-refractivity contribution in [1.82, 2.24) is 16.0 Å². The number of ether oxygens (including phenoxy) is 2. The SMILES string of the molecule is COc1ccc(CC(NC(=O)C(CCCCNC(C)=O)NC(=O)OCc2ccccc2)C(C)=O)cc1. The summed E-state index contributed by atoms with van der Waals surface area (Å²) in [6.45, 7) is 3.39. The Hall–Kier alpha value is -3.88. The minimum Gasteiger partial charge on any atom is -0.497 e. The molecule has 194 valence electrons. The van der Waals surface area contributed by atoms with Gasteiger partial charge in [-0.15, -0.1) is 0 Å². The molecule has 36 heavy (non-hydrogen) atoms. The molecule has 2 aromatic rings. The first-order chi connectivity index (χ1) is 17.3. The number of ketones is 1.